The Morgan fingerprint density at radius 3 is 2.64 bits per heavy atom. The standard InChI is InChI=1S/C18H19FN2O3S/c1-13(16-8-2-3-9-17(16)19)20-18(22)14-6-4-7-15(12-14)21-10-5-11-25(21,23)24/h2-4,6-9,12-13H,5,10-11H2,1H3,(H,20,22). The largest absolute Gasteiger partial charge is 0.345 e. The van der Waals surface area contributed by atoms with Gasteiger partial charge in [-0.15, -0.1) is 0 Å². The molecule has 2 aromatic rings. The summed E-state index contributed by atoms with van der Waals surface area (Å²) in [5.74, 6) is -0.644. The first-order valence-corrected chi connectivity index (χ1v) is 9.65. The highest BCUT2D eigenvalue weighted by Crippen LogP contribution is 2.25. The van der Waals surface area contributed by atoms with Crippen molar-refractivity contribution in [1.29, 1.82) is 0 Å². The van der Waals surface area contributed by atoms with Crippen molar-refractivity contribution in [3.8, 4) is 0 Å². The Balaban J connectivity index is 1.79. The van der Waals surface area contributed by atoms with Crippen LogP contribution in [-0.2, 0) is 10.0 Å². The zero-order valence-corrected chi connectivity index (χ0v) is 14.6. The molecule has 0 saturated carbocycles. The molecule has 0 radical (unpaired) electrons. The fraction of sp³-hybridized carbons (Fsp3) is 0.278. The van der Waals surface area contributed by atoms with Gasteiger partial charge in [0.1, 0.15) is 5.82 Å². The van der Waals surface area contributed by atoms with Crippen LogP contribution < -0.4 is 9.62 Å². The second kappa shape index (κ2) is 6.84. The molecule has 5 nitrogen and oxygen atoms in total. The van der Waals surface area contributed by atoms with Gasteiger partial charge in [-0.3, -0.25) is 9.10 Å². The quantitative estimate of drug-likeness (QED) is 0.909. The second-order valence-corrected chi connectivity index (χ2v) is 8.02. The molecular weight excluding hydrogens is 343 g/mol. The third kappa shape index (κ3) is 3.66. The molecule has 0 aliphatic carbocycles. The molecule has 1 aliphatic heterocycles. The normalized spacial score (nSPS) is 17.3. The number of carbonyl (C=O) groups is 1. The van der Waals surface area contributed by atoms with E-state index in [0.717, 1.165) is 0 Å². The number of amides is 1. The van der Waals surface area contributed by atoms with Crippen LogP contribution in [-0.4, -0.2) is 26.6 Å². The Morgan fingerprint density at radius 1 is 1.20 bits per heavy atom. The predicted octanol–water partition coefficient (Wildman–Crippen LogP) is 2.86. The lowest BCUT2D eigenvalue weighted by Crippen LogP contribution is -2.28. The average Bonchev–Trinajstić information content (AvgIpc) is 2.94. The number of nitrogens with zero attached hydrogens (tertiary/aromatic N) is 1. The van der Waals surface area contributed by atoms with Crippen molar-refractivity contribution in [2.24, 2.45) is 0 Å². The maximum Gasteiger partial charge on any atom is 0.251 e. The van der Waals surface area contributed by atoms with E-state index >= 15 is 0 Å². The van der Waals surface area contributed by atoms with Crippen LogP contribution in [0.4, 0.5) is 10.1 Å². The van der Waals surface area contributed by atoms with Gasteiger partial charge >= 0.3 is 0 Å². The van der Waals surface area contributed by atoms with Gasteiger partial charge in [0.15, 0.2) is 0 Å². The first-order chi connectivity index (χ1) is 11.9. The summed E-state index contributed by atoms with van der Waals surface area (Å²) in [5.41, 5.74) is 1.21. The molecule has 3 rings (SSSR count). The van der Waals surface area contributed by atoms with Crippen LogP contribution in [0.3, 0.4) is 0 Å². The molecule has 1 amide bonds. The van der Waals surface area contributed by atoms with Gasteiger partial charge in [0, 0.05) is 17.7 Å². The Bertz CT molecular complexity index is 899. The minimum atomic E-state index is -3.30. The summed E-state index contributed by atoms with van der Waals surface area (Å²) in [6.07, 6.45) is 0.572. The van der Waals surface area contributed by atoms with E-state index in [9.17, 15) is 17.6 Å². The van der Waals surface area contributed by atoms with Gasteiger partial charge < -0.3 is 5.32 Å². The van der Waals surface area contributed by atoms with Gasteiger partial charge in [0.2, 0.25) is 10.0 Å². The second-order valence-electron chi connectivity index (χ2n) is 6.01. The third-order valence-electron chi connectivity index (χ3n) is 4.21. The lowest BCUT2D eigenvalue weighted by atomic mass is 10.1. The van der Waals surface area contributed by atoms with Crippen LogP contribution in [0, 0.1) is 5.82 Å². The number of halogens is 1. The summed E-state index contributed by atoms with van der Waals surface area (Å²) >= 11 is 0. The maximum atomic E-state index is 13.8. The van der Waals surface area contributed by atoms with Crippen molar-refractivity contribution in [3.05, 3.63) is 65.5 Å². The van der Waals surface area contributed by atoms with Crippen LogP contribution in [0.15, 0.2) is 48.5 Å². The van der Waals surface area contributed by atoms with Crippen molar-refractivity contribution in [1.82, 2.24) is 5.32 Å². The zero-order valence-electron chi connectivity index (χ0n) is 13.8. The van der Waals surface area contributed by atoms with Crippen LogP contribution >= 0.6 is 0 Å². The molecule has 25 heavy (non-hydrogen) atoms. The summed E-state index contributed by atoms with van der Waals surface area (Å²) < 4.78 is 39.2. The van der Waals surface area contributed by atoms with Crippen molar-refractivity contribution in [2.75, 3.05) is 16.6 Å². The molecule has 1 aliphatic rings. The highest BCUT2D eigenvalue weighted by atomic mass is 32.2. The molecule has 7 heteroatoms. The molecule has 1 heterocycles. The van der Waals surface area contributed by atoms with Crippen molar-refractivity contribution in [2.45, 2.75) is 19.4 Å². The van der Waals surface area contributed by atoms with E-state index in [-0.39, 0.29) is 17.5 Å². The van der Waals surface area contributed by atoms with E-state index in [1.165, 1.54) is 10.4 Å². The highest BCUT2D eigenvalue weighted by molar-refractivity contribution is 7.93. The van der Waals surface area contributed by atoms with E-state index in [4.69, 9.17) is 0 Å². The Hall–Kier alpha value is -2.41. The Labute approximate surface area is 146 Å². The zero-order chi connectivity index (χ0) is 18.0. The molecule has 1 unspecified atom stereocenters. The smallest absolute Gasteiger partial charge is 0.251 e. The molecular formula is C18H19FN2O3S. The maximum absolute atomic E-state index is 13.8. The first-order valence-electron chi connectivity index (χ1n) is 8.04. The van der Waals surface area contributed by atoms with E-state index in [1.54, 1.807) is 49.4 Å². The van der Waals surface area contributed by atoms with Gasteiger partial charge in [-0.1, -0.05) is 24.3 Å². The molecule has 0 bridgehead atoms. The molecule has 1 fully saturated rings. The average molecular weight is 362 g/mol. The third-order valence-corrected chi connectivity index (χ3v) is 6.08. The summed E-state index contributed by atoms with van der Waals surface area (Å²) in [6, 6.07) is 12.2. The number of carbonyl (C=O) groups excluding carboxylic acids is 1. The predicted molar refractivity (Wildman–Crippen MR) is 94.5 cm³/mol. The SMILES string of the molecule is CC(NC(=O)c1cccc(N2CCCS2(=O)=O)c1)c1ccccc1F. The Kier molecular flexibility index (Phi) is 4.76. The number of hydrogen-bond acceptors (Lipinski definition) is 3. The molecule has 1 saturated heterocycles. The van der Waals surface area contributed by atoms with Crippen LogP contribution in [0.1, 0.15) is 35.3 Å². The van der Waals surface area contributed by atoms with Gasteiger partial charge in [-0.2, -0.15) is 0 Å². The number of nitrogens with one attached hydrogen (secondary N) is 1. The van der Waals surface area contributed by atoms with E-state index < -0.39 is 16.1 Å². The summed E-state index contributed by atoms with van der Waals surface area (Å²) in [6.45, 7) is 2.12. The molecule has 132 valence electrons. The van der Waals surface area contributed by atoms with Crippen molar-refractivity contribution >= 4 is 21.6 Å². The first kappa shape index (κ1) is 17.4. The van der Waals surface area contributed by atoms with E-state index in [2.05, 4.69) is 5.32 Å². The van der Waals surface area contributed by atoms with E-state index in [1.807, 2.05) is 0 Å². The van der Waals surface area contributed by atoms with Gasteiger partial charge in [0.05, 0.1) is 17.5 Å². The number of hydrogen-bond donors (Lipinski definition) is 1. The topological polar surface area (TPSA) is 66.5 Å². The van der Waals surface area contributed by atoms with Crippen molar-refractivity contribution < 1.29 is 17.6 Å². The Morgan fingerprint density at radius 2 is 1.96 bits per heavy atom. The minimum absolute atomic E-state index is 0.119. The fourth-order valence-electron chi connectivity index (χ4n) is 2.92. The molecule has 0 aromatic heterocycles. The van der Waals surface area contributed by atoms with Gasteiger partial charge in [-0.25, -0.2) is 12.8 Å². The number of sulfonamides is 1. The molecule has 1 atom stereocenters. The highest BCUT2D eigenvalue weighted by Gasteiger charge is 2.28. The van der Waals surface area contributed by atoms with Gasteiger partial charge in [0.25, 0.3) is 5.91 Å². The lowest BCUT2D eigenvalue weighted by molar-refractivity contribution is 0.0939. The van der Waals surface area contributed by atoms with Gasteiger partial charge in [-0.05, 0) is 37.6 Å². The molecule has 0 spiro atoms. The number of benzene rings is 2. The number of rotatable bonds is 4. The minimum Gasteiger partial charge on any atom is -0.345 e. The summed E-state index contributed by atoms with van der Waals surface area (Å²) in [5, 5.41) is 2.74. The van der Waals surface area contributed by atoms with Crippen LogP contribution in [0.2, 0.25) is 0 Å². The van der Waals surface area contributed by atoms with E-state index in [0.29, 0.717) is 29.8 Å². The summed E-state index contributed by atoms with van der Waals surface area (Å²) in [7, 11) is -3.30. The van der Waals surface area contributed by atoms with Crippen LogP contribution in [0.25, 0.3) is 0 Å². The molecule has 1 N–H and O–H groups in total. The molecule has 2 aromatic carbocycles. The monoisotopic (exact) mass is 362 g/mol. The number of anilines is 1. The fourth-order valence-corrected chi connectivity index (χ4v) is 4.47. The van der Waals surface area contributed by atoms with Crippen molar-refractivity contribution in [3.63, 3.8) is 0 Å². The summed E-state index contributed by atoms with van der Waals surface area (Å²) in [4.78, 5) is 12.5. The van der Waals surface area contributed by atoms with Crippen LogP contribution in [0.5, 0.6) is 0 Å². The lowest BCUT2D eigenvalue weighted by Gasteiger charge is -2.18.